The molecule has 1 N–H and O–H groups in total. The minimum atomic E-state index is 0.709. The summed E-state index contributed by atoms with van der Waals surface area (Å²) in [5.74, 6) is 0. The van der Waals surface area contributed by atoms with Crippen LogP contribution in [0.2, 0.25) is 0 Å². The van der Waals surface area contributed by atoms with Gasteiger partial charge in [-0.1, -0.05) is 0 Å². The van der Waals surface area contributed by atoms with Gasteiger partial charge in [0.05, 0.1) is 0 Å². The Kier molecular flexibility index (Phi) is 2.37. The Bertz CT molecular complexity index is 165. The zero-order chi connectivity index (χ0) is 9.36. The molecular formula is C11H21NO. The van der Waals surface area contributed by atoms with Gasteiger partial charge in [0.2, 0.25) is 0 Å². The summed E-state index contributed by atoms with van der Waals surface area (Å²) in [6.07, 6.45) is 5.65. The first-order valence-electron chi connectivity index (χ1n) is 5.47. The van der Waals surface area contributed by atoms with Crippen LogP contribution in [0.4, 0.5) is 0 Å². The van der Waals surface area contributed by atoms with Crippen LogP contribution in [-0.4, -0.2) is 26.8 Å². The number of hydrogen-bond acceptors (Lipinski definition) is 2. The lowest BCUT2D eigenvalue weighted by Gasteiger charge is -2.71. The first-order valence-corrected chi connectivity index (χ1v) is 5.47. The van der Waals surface area contributed by atoms with E-state index in [-0.39, 0.29) is 0 Å². The summed E-state index contributed by atoms with van der Waals surface area (Å²) in [6.45, 7) is 5.15. The average molecular weight is 183 g/mol. The van der Waals surface area contributed by atoms with Crippen LogP contribution in [0.15, 0.2) is 0 Å². The molecular weight excluding hydrogens is 162 g/mol. The van der Waals surface area contributed by atoms with Crippen LogP contribution < -0.4 is 5.32 Å². The minimum Gasteiger partial charge on any atom is -0.382 e. The van der Waals surface area contributed by atoms with Crippen molar-refractivity contribution >= 4 is 0 Å². The van der Waals surface area contributed by atoms with Crippen LogP contribution in [0.1, 0.15) is 32.6 Å². The fourth-order valence-electron chi connectivity index (χ4n) is 3.49. The van der Waals surface area contributed by atoms with Crippen molar-refractivity contribution in [2.75, 3.05) is 26.8 Å². The van der Waals surface area contributed by atoms with E-state index in [0.717, 1.165) is 13.2 Å². The molecule has 0 aromatic heterocycles. The third kappa shape index (κ3) is 1.50. The predicted octanol–water partition coefficient (Wildman–Crippen LogP) is 1.80. The van der Waals surface area contributed by atoms with Gasteiger partial charge in [0.15, 0.2) is 0 Å². The molecule has 2 bridgehead atoms. The molecule has 0 heterocycles. The molecule has 0 saturated heterocycles. The molecule has 0 aromatic rings. The highest BCUT2D eigenvalue weighted by Gasteiger charge is 2.66. The Labute approximate surface area is 81.0 Å². The van der Waals surface area contributed by atoms with Gasteiger partial charge in [0.1, 0.15) is 0 Å². The maximum Gasteiger partial charge on any atom is 0.0471 e. The van der Waals surface area contributed by atoms with E-state index in [9.17, 15) is 0 Å². The Balaban J connectivity index is 1.65. The zero-order valence-electron chi connectivity index (χ0n) is 8.86. The summed E-state index contributed by atoms with van der Waals surface area (Å²) in [4.78, 5) is 0. The van der Waals surface area contributed by atoms with Crippen molar-refractivity contribution in [3.8, 4) is 0 Å². The first kappa shape index (κ1) is 9.47. The van der Waals surface area contributed by atoms with Crippen molar-refractivity contribution in [1.82, 2.24) is 5.32 Å². The number of ether oxygens (including phenoxy) is 1. The summed E-state index contributed by atoms with van der Waals surface area (Å²) in [6, 6.07) is 0. The second kappa shape index (κ2) is 3.25. The minimum absolute atomic E-state index is 0.709. The molecule has 3 aliphatic rings. The summed E-state index contributed by atoms with van der Waals surface area (Å²) in [5, 5.41) is 3.30. The van der Waals surface area contributed by atoms with Gasteiger partial charge in [0, 0.05) is 19.8 Å². The molecule has 0 aliphatic heterocycles. The van der Waals surface area contributed by atoms with Gasteiger partial charge in [-0.2, -0.15) is 0 Å². The lowest BCUT2D eigenvalue weighted by atomic mass is 9.34. The highest BCUT2D eigenvalue weighted by atomic mass is 16.5. The van der Waals surface area contributed by atoms with Crippen LogP contribution >= 0.6 is 0 Å². The standard InChI is InChI=1S/C11H21NO/c1-3-13-5-4-10-6-11(7-10,8-10)9-12-2/h12H,3-9H2,1-2H3. The Morgan fingerprint density at radius 3 is 2.46 bits per heavy atom. The summed E-state index contributed by atoms with van der Waals surface area (Å²) in [7, 11) is 2.06. The fraction of sp³-hybridized carbons (Fsp3) is 1.00. The number of hydrogen-bond donors (Lipinski definition) is 1. The molecule has 0 atom stereocenters. The van der Waals surface area contributed by atoms with Crippen LogP contribution in [0.25, 0.3) is 0 Å². The Hall–Kier alpha value is -0.0800. The van der Waals surface area contributed by atoms with Gasteiger partial charge in [-0.15, -0.1) is 0 Å². The molecule has 0 aromatic carbocycles. The number of rotatable bonds is 6. The third-order valence-corrected chi connectivity index (χ3v) is 3.78. The van der Waals surface area contributed by atoms with E-state index in [1.165, 1.54) is 32.2 Å². The van der Waals surface area contributed by atoms with Gasteiger partial charge in [-0.25, -0.2) is 0 Å². The lowest BCUT2D eigenvalue weighted by molar-refractivity contribution is -0.208. The van der Waals surface area contributed by atoms with Crippen molar-refractivity contribution < 1.29 is 4.74 Å². The highest BCUT2D eigenvalue weighted by molar-refractivity contribution is 5.17. The second-order valence-corrected chi connectivity index (χ2v) is 5.01. The normalized spacial score (nSPS) is 41.1. The first-order chi connectivity index (χ1) is 6.24. The molecule has 76 valence electrons. The van der Waals surface area contributed by atoms with Crippen molar-refractivity contribution in [2.45, 2.75) is 32.6 Å². The van der Waals surface area contributed by atoms with Crippen molar-refractivity contribution in [3.05, 3.63) is 0 Å². The van der Waals surface area contributed by atoms with E-state index >= 15 is 0 Å². The topological polar surface area (TPSA) is 21.3 Å². The smallest absolute Gasteiger partial charge is 0.0471 e. The summed E-state index contributed by atoms with van der Waals surface area (Å²) >= 11 is 0. The van der Waals surface area contributed by atoms with E-state index in [1.54, 1.807) is 0 Å². The number of nitrogens with one attached hydrogen (secondary N) is 1. The fourth-order valence-corrected chi connectivity index (χ4v) is 3.49. The molecule has 3 saturated carbocycles. The van der Waals surface area contributed by atoms with E-state index in [1.807, 2.05) is 0 Å². The van der Waals surface area contributed by atoms with Gasteiger partial charge in [-0.3, -0.25) is 0 Å². The van der Waals surface area contributed by atoms with Crippen LogP contribution in [0.5, 0.6) is 0 Å². The van der Waals surface area contributed by atoms with Gasteiger partial charge in [0.25, 0.3) is 0 Å². The van der Waals surface area contributed by atoms with Gasteiger partial charge in [-0.05, 0) is 50.5 Å². The quantitative estimate of drug-likeness (QED) is 0.634. The lowest BCUT2D eigenvalue weighted by Crippen LogP contribution is -2.65. The van der Waals surface area contributed by atoms with E-state index in [2.05, 4.69) is 19.3 Å². The van der Waals surface area contributed by atoms with E-state index in [0.29, 0.717) is 10.8 Å². The SMILES string of the molecule is CCOCCC12CC(CNC)(C1)C2. The maximum atomic E-state index is 5.41. The van der Waals surface area contributed by atoms with Gasteiger partial charge < -0.3 is 10.1 Å². The molecule has 3 rings (SSSR count). The van der Waals surface area contributed by atoms with Crippen LogP contribution in [-0.2, 0) is 4.74 Å². The van der Waals surface area contributed by atoms with E-state index in [4.69, 9.17) is 4.74 Å². The summed E-state index contributed by atoms with van der Waals surface area (Å²) in [5.41, 5.74) is 1.42. The largest absolute Gasteiger partial charge is 0.382 e. The molecule has 3 fully saturated rings. The second-order valence-electron chi connectivity index (χ2n) is 5.01. The van der Waals surface area contributed by atoms with Gasteiger partial charge >= 0.3 is 0 Å². The summed E-state index contributed by atoms with van der Waals surface area (Å²) < 4.78 is 5.41. The highest BCUT2D eigenvalue weighted by Crippen LogP contribution is 2.74. The zero-order valence-corrected chi connectivity index (χ0v) is 8.86. The van der Waals surface area contributed by atoms with Crippen molar-refractivity contribution in [1.29, 1.82) is 0 Å². The predicted molar refractivity (Wildman–Crippen MR) is 53.8 cm³/mol. The molecule has 13 heavy (non-hydrogen) atoms. The average Bonchev–Trinajstić information content (AvgIpc) is 1.98. The maximum absolute atomic E-state index is 5.41. The molecule has 2 heteroatoms. The van der Waals surface area contributed by atoms with Crippen LogP contribution in [0.3, 0.4) is 0 Å². The Morgan fingerprint density at radius 2 is 1.92 bits per heavy atom. The van der Waals surface area contributed by atoms with Crippen molar-refractivity contribution in [2.24, 2.45) is 10.8 Å². The van der Waals surface area contributed by atoms with E-state index < -0.39 is 0 Å². The monoisotopic (exact) mass is 183 g/mol. The molecule has 0 spiro atoms. The molecule has 0 radical (unpaired) electrons. The molecule has 0 unspecified atom stereocenters. The third-order valence-electron chi connectivity index (χ3n) is 3.78. The van der Waals surface area contributed by atoms with Crippen LogP contribution in [0, 0.1) is 10.8 Å². The Morgan fingerprint density at radius 1 is 1.23 bits per heavy atom. The molecule has 2 nitrogen and oxygen atoms in total. The van der Waals surface area contributed by atoms with Crippen molar-refractivity contribution in [3.63, 3.8) is 0 Å². The molecule has 3 aliphatic carbocycles. The molecule has 0 amide bonds.